The van der Waals surface area contributed by atoms with Crippen molar-refractivity contribution >= 4 is 54.4 Å². The van der Waals surface area contributed by atoms with E-state index in [1.165, 1.54) is 0 Å². The normalized spacial score (nSPS) is 13.6. The Bertz CT molecular complexity index is 1750. The summed E-state index contributed by atoms with van der Waals surface area (Å²) in [5, 5.41) is 4.61. The molecule has 11 heteroatoms. The first kappa shape index (κ1) is 35.6. The molecule has 0 saturated carbocycles. The summed E-state index contributed by atoms with van der Waals surface area (Å²) in [5.41, 5.74) is -1.19. The molecule has 0 spiro atoms. The molecular weight excluding hydrogens is 729 g/mol. The molecule has 0 radical (unpaired) electrons. The molecule has 1 atom stereocenters. The zero-order valence-corrected chi connectivity index (χ0v) is 28.8. The second-order valence-corrected chi connectivity index (χ2v) is 21.7. The van der Waals surface area contributed by atoms with Crippen molar-refractivity contribution < 1.29 is 26.3 Å². The fourth-order valence-electron chi connectivity index (χ4n) is 6.01. The van der Waals surface area contributed by atoms with Crippen molar-refractivity contribution in [3.05, 3.63) is 162 Å². The van der Waals surface area contributed by atoms with E-state index in [4.69, 9.17) is 12.2 Å². The minimum atomic E-state index is -4.99. The van der Waals surface area contributed by atoms with Crippen LogP contribution in [0, 0.1) is 0 Å². The molecule has 250 valence electrons. The Morgan fingerprint density at radius 2 is 1.04 bits per heavy atom. The molecule has 0 aliphatic heterocycles. The fourth-order valence-corrected chi connectivity index (χ4v) is 14.7. The van der Waals surface area contributed by atoms with Gasteiger partial charge in [0.15, 0.2) is 0 Å². The Morgan fingerprint density at radius 3 is 1.48 bits per heavy atom. The first-order chi connectivity index (χ1) is 22.7. The monoisotopic (exact) mass is 760 g/mol. The summed E-state index contributed by atoms with van der Waals surface area (Å²) in [6.45, 7) is 0. The van der Waals surface area contributed by atoms with Gasteiger partial charge in [-0.25, -0.2) is 0 Å². The summed E-state index contributed by atoms with van der Waals surface area (Å²) in [6.07, 6.45) is -8.37. The number of halogens is 7. The number of hydrogen-bond acceptors (Lipinski definition) is 1. The van der Waals surface area contributed by atoms with Crippen molar-refractivity contribution in [3.8, 4) is 0 Å². The van der Waals surface area contributed by atoms with E-state index in [2.05, 4.69) is 62.5 Å². The molecule has 0 amide bonds. The van der Waals surface area contributed by atoms with Crippen LogP contribution < -0.4 is 21.2 Å². The summed E-state index contributed by atoms with van der Waals surface area (Å²) < 4.78 is 81.7. The van der Waals surface area contributed by atoms with Crippen LogP contribution in [0.4, 0.5) is 32.0 Å². The van der Waals surface area contributed by atoms with Crippen LogP contribution in [0.2, 0.25) is 0 Å². The Kier molecular flexibility index (Phi) is 10.7. The number of alkyl halides is 6. The van der Waals surface area contributed by atoms with Gasteiger partial charge in [-0.1, -0.05) is 0 Å². The van der Waals surface area contributed by atoms with Gasteiger partial charge in [0.2, 0.25) is 0 Å². The second kappa shape index (κ2) is 14.4. The number of nitrogens with one attached hydrogen (secondary N) is 2. The molecule has 0 aromatic heterocycles. The van der Waals surface area contributed by atoms with Gasteiger partial charge < -0.3 is 0 Å². The first-order valence-electron chi connectivity index (χ1n) is 15.0. The molecule has 2 N–H and O–H groups in total. The quantitative estimate of drug-likeness (QED) is 0.0842. The van der Waals surface area contributed by atoms with Crippen molar-refractivity contribution in [2.45, 2.75) is 31.0 Å². The summed E-state index contributed by atoms with van der Waals surface area (Å²) in [4.78, 5) is 0. The van der Waals surface area contributed by atoms with E-state index >= 15 is 0 Å². The number of rotatable bonds is 10. The molecule has 5 rings (SSSR count). The number of anilines is 1. The average molecular weight is 762 g/mol. The van der Waals surface area contributed by atoms with Crippen LogP contribution in [-0.2, 0) is 24.9 Å². The first-order valence-corrected chi connectivity index (χ1v) is 20.1. The molecule has 0 fully saturated rings. The third-order valence-corrected chi connectivity index (χ3v) is 17.6. The predicted octanol–water partition coefficient (Wildman–Crippen LogP) is 10.3. The van der Waals surface area contributed by atoms with E-state index in [1.807, 2.05) is 84.9 Å². The van der Waals surface area contributed by atoms with Crippen LogP contribution in [0.5, 0.6) is 0 Å². The minimum absolute atomic E-state index is 0.0946. The third kappa shape index (κ3) is 8.46. The molecule has 0 aliphatic rings. The SMILES string of the molecule is FC(F)(F)c1cc(NC(=S)N[C@@H](Cc2ccccc2)CP(Br)(Cc2ccccc2)(c2ccccc2)c2ccccc2)cc(C(F)(F)F)c1. The summed E-state index contributed by atoms with van der Waals surface area (Å²) in [5.74, 6) is 0. The second-order valence-electron chi connectivity index (χ2n) is 11.7. The number of benzene rings is 5. The standard InChI is InChI=1S/C37H32BrF6N2PS/c38-47(33-17-9-3-10-18-33,34-19-11-4-12-20-34,25-28-15-7-2-8-16-28)26-32(21-27-13-5-1-6-14-27)46-35(48)45-31-23-29(36(39,40)41)22-30(24-31)37(42,43)44/h1-20,22-24,32H,21,25-26H2,(H2,45,46,48)/t32-/m0/s1. The Hall–Kier alpha value is -3.72. The van der Waals surface area contributed by atoms with Gasteiger partial charge in [-0.05, 0) is 0 Å². The van der Waals surface area contributed by atoms with Crippen molar-refractivity contribution in [2.75, 3.05) is 11.5 Å². The van der Waals surface area contributed by atoms with Crippen LogP contribution in [-0.4, -0.2) is 17.3 Å². The Morgan fingerprint density at radius 1 is 0.625 bits per heavy atom. The number of hydrogen-bond donors (Lipinski definition) is 2. The molecule has 48 heavy (non-hydrogen) atoms. The zero-order valence-electron chi connectivity index (χ0n) is 25.5. The van der Waals surface area contributed by atoms with E-state index in [1.54, 1.807) is 0 Å². The molecule has 5 aromatic carbocycles. The van der Waals surface area contributed by atoms with Gasteiger partial charge in [-0.3, -0.25) is 0 Å². The average Bonchev–Trinajstić information content (AvgIpc) is 3.05. The maximum absolute atomic E-state index is 13.6. The van der Waals surface area contributed by atoms with Gasteiger partial charge in [0.1, 0.15) is 0 Å². The van der Waals surface area contributed by atoms with Crippen LogP contribution in [0.3, 0.4) is 0 Å². The van der Waals surface area contributed by atoms with E-state index in [0.717, 1.165) is 21.7 Å². The van der Waals surface area contributed by atoms with E-state index < -0.39 is 40.5 Å². The molecule has 0 unspecified atom stereocenters. The zero-order chi connectivity index (χ0) is 34.4. The third-order valence-electron chi connectivity index (χ3n) is 8.16. The van der Waals surface area contributed by atoms with Gasteiger partial charge in [-0.15, -0.1) is 0 Å². The summed E-state index contributed by atoms with van der Waals surface area (Å²) >= 11 is 10.1. The Balaban J connectivity index is 1.59. The van der Waals surface area contributed by atoms with Gasteiger partial charge in [0, 0.05) is 0 Å². The van der Waals surface area contributed by atoms with Crippen LogP contribution >= 0.6 is 33.0 Å². The van der Waals surface area contributed by atoms with Gasteiger partial charge >= 0.3 is 290 Å². The number of thiocarbonyl (C=S) groups is 1. The maximum atomic E-state index is 13.6. The van der Waals surface area contributed by atoms with E-state index in [0.29, 0.717) is 30.9 Å². The molecule has 0 saturated heterocycles. The van der Waals surface area contributed by atoms with Crippen molar-refractivity contribution in [1.82, 2.24) is 5.32 Å². The molecular formula is C37H32BrF6N2PS. The molecule has 2 nitrogen and oxygen atoms in total. The molecule has 5 aromatic rings. The summed E-state index contributed by atoms with van der Waals surface area (Å²) in [7, 11) is 0. The van der Waals surface area contributed by atoms with Gasteiger partial charge in [0.25, 0.3) is 0 Å². The van der Waals surface area contributed by atoms with E-state index in [9.17, 15) is 26.3 Å². The van der Waals surface area contributed by atoms with E-state index in [-0.39, 0.29) is 11.2 Å². The van der Waals surface area contributed by atoms with Crippen LogP contribution in [0.1, 0.15) is 22.3 Å². The molecule has 0 heterocycles. The van der Waals surface area contributed by atoms with Crippen LogP contribution in [0.25, 0.3) is 0 Å². The topological polar surface area (TPSA) is 24.1 Å². The predicted molar refractivity (Wildman–Crippen MR) is 193 cm³/mol. The van der Waals surface area contributed by atoms with Gasteiger partial charge in [0.05, 0.1) is 0 Å². The van der Waals surface area contributed by atoms with Crippen LogP contribution in [0.15, 0.2) is 140 Å². The Labute approximate surface area is 289 Å². The molecule has 0 aliphatic carbocycles. The fraction of sp³-hybridized carbons (Fsp3) is 0.162. The van der Waals surface area contributed by atoms with Crippen molar-refractivity contribution in [1.29, 1.82) is 0 Å². The van der Waals surface area contributed by atoms with Gasteiger partial charge in [-0.2, -0.15) is 0 Å². The van der Waals surface area contributed by atoms with Crippen molar-refractivity contribution in [3.63, 3.8) is 0 Å². The molecule has 0 bridgehead atoms. The summed E-state index contributed by atoms with van der Waals surface area (Å²) in [6, 6.07) is 40.9. The van der Waals surface area contributed by atoms with Crippen molar-refractivity contribution in [2.24, 2.45) is 0 Å².